The van der Waals surface area contributed by atoms with Gasteiger partial charge in [0.15, 0.2) is 0 Å². The van der Waals surface area contributed by atoms with Gasteiger partial charge in [-0.2, -0.15) is 0 Å². The van der Waals surface area contributed by atoms with Gasteiger partial charge >= 0.3 is 5.97 Å². The molecule has 8 nitrogen and oxygen atoms in total. The number of ether oxygens (including phenoxy) is 1. The zero-order chi connectivity index (χ0) is 24.5. The van der Waals surface area contributed by atoms with E-state index in [2.05, 4.69) is 16.7 Å². The third-order valence-electron chi connectivity index (χ3n) is 6.23. The van der Waals surface area contributed by atoms with E-state index in [9.17, 15) is 14.4 Å². The summed E-state index contributed by atoms with van der Waals surface area (Å²) >= 11 is 0. The van der Waals surface area contributed by atoms with Crippen LogP contribution < -0.4 is 10.6 Å². The number of nitrogens with zero attached hydrogens (tertiary/aromatic N) is 2. The zero-order valence-corrected chi connectivity index (χ0v) is 19.4. The highest BCUT2D eigenvalue weighted by Crippen LogP contribution is 2.30. The molecule has 0 aliphatic carbocycles. The first-order chi connectivity index (χ1) is 17.0. The highest BCUT2D eigenvalue weighted by Gasteiger charge is 2.20. The van der Waals surface area contributed by atoms with Crippen molar-refractivity contribution < 1.29 is 19.1 Å². The average molecular weight is 469 g/mol. The van der Waals surface area contributed by atoms with Crippen molar-refractivity contribution in [3.8, 4) is 5.69 Å². The van der Waals surface area contributed by atoms with E-state index in [1.54, 1.807) is 31.3 Å². The molecule has 1 aliphatic rings. The standard InChI is InChI=1S/C27H24N4O4/c1-28-26(33)18-7-11-23-22(14-18)29-24(15-16-5-3-4-6-20(16)27(34)35-2)31(23)19-9-10-21-17(13-19)8-12-25(32)30-21/h3-7,9-11,13-14H,8,12,15H2,1-2H3,(H,28,33)(H,30,32). The number of aromatic nitrogens is 2. The molecule has 0 saturated carbocycles. The molecule has 0 radical (unpaired) electrons. The van der Waals surface area contributed by atoms with Gasteiger partial charge in [-0.1, -0.05) is 18.2 Å². The van der Waals surface area contributed by atoms with Gasteiger partial charge in [0.05, 0.1) is 23.7 Å². The SMILES string of the molecule is CNC(=O)c1ccc2c(c1)nc(Cc1ccccc1C(=O)OC)n2-c1ccc2c(c1)CCC(=O)N2. The van der Waals surface area contributed by atoms with Gasteiger partial charge in [0.25, 0.3) is 5.91 Å². The van der Waals surface area contributed by atoms with E-state index in [0.717, 1.165) is 28.0 Å². The van der Waals surface area contributed by atoms with Crippen molar-refractivity contribution >= 4 is 34.5 Å². The number of anilines is 1. The van der Waals surface area contributed by atoms with Gasteiger partial charge in [0, 0.05) is 36.8 Å². The Kier molecular flexibility index (Phi) is 5.78. The van der Waals surface area contributed by atoms with E-state index in [1.807, 2.05) is 34.9 Å². The Morgan fingerprint density at radius 3 is 2.71 bits per heavy atom. The van der Waals surface area contributed by atoms with E-state index >= 15 is 0 Å². The lowest BCUT2D eigenvalue weighted by Gasteiger charge is -2.19. The fraction of sp³-hybridized carbons (Fsp3) is 0.185. The Morgan fingerprint density at radius 2 is 1.91 bits per heavy atom. The lowest BCUT2D eigenvalue weighted by atomic mass is 10.0. The number of nitrogens with one attached hydrogen (secondary N) is 2. The van der Waals surface area contributed by atoms with Crippen molar-refractivity contribution in [1.29, 1.82) is 0 Å². The summed E-state index contributed by atoms with van der Waals surface area (Å²) < 4.78 is 7.00. The molecule has 35 heavy (non-hydrogen) atoms. The molecule has 1 aromatic heterocycles. The van der Waals surface area contributed by atoms with Crippen molar-refractivity contribution in [2.24, 2.45) is 0 Å². The molecule has 0 bridgehead atoms. The second-order valence-electron chi connectivity index (χ2n) is 8.36. The Bertz CT molecular complexity index is 1490. The first-order valence-electron chi connectivity index (χ1n) is 11.3. The molecule has 4 aromatic rings. The minimum absolute atomic E-state index is 0.0140. The molecule has 2 N–H and O–H groups in total. The maximum Gasteiger partial charge on any atom is 0.338 e. The Labute approximate surface area is 201 Å². The molecular formula is C27H24N4O4. The number of carbonyl (C=O) groups is 3. The van der Waals surface area contributed by atoms with Crippen LogP contribution in [-0.2, 0) is 22.4 Å². The summed E-state index contributed by atoms with van der Waals surface area (Å²) in [6, 6.07) is 18.6. The Hall–Kier alpha value is -4.46. The number of hydrogen-bond acceptors (Lipinski definition) is 5. The molecule has 2 amide bonds. The number of methoxy groups -OCH3 is 1. The van der Waals surface area contributed by atoms with Crippen LogP contribution >= 0.6 is 0 Å². The lowest BCUT2D eigenvalue weighted by molar-refractivity contribution is -0.116. The molecule has 1 aliphatic heterocycles. The van der Waals surface area contributed by atoms with Crippen LogP contribution in [0, 0.1) is 0 Å². The molecule has 0 spiro atoms. The van der Waals surface area contributed by atoms with Gasteiger partial charge in [-0.15, -0.1) is 0 Å². The summed E-state index contributed by atoms with van der Waals surface area (Å²) in [4.78, 5) is 41.3. The van der Waals surface area contributed by atoms with Crippen molar-refractivity contribution in [2.75, 3.05) is 19.5 Å². The number of carbonyl (C=O) groups excluding carboxylic acids is 3. The molecule has 2 heterocycles. The van der Waals surface area contributed by atoms with E-state index in [-0.39, 0.29) is 11.8 Å². The molecule has 176 valence electrons. The average Bonchev–Trinajstić information content (AvgIpc) is 3.24. The lowest BCUT2D eigenvalue weighted by Crippen LogP contribution is -2.19. The predicted octanol–water partition coefficient (Wildman–Crippen LogP) is 3.65. The van der Waals surface area contributed by atoms with Gasteiger partial charge in [-0.05, 0) is 60.0 Å². The van der Waals surface area contributed by atoms with Crippen LogP contribution in [0.3, 0.4) is 0 Å². The maximum atomic E-state index is 12.4. The smallest absolute Gasteiger partial charge is 0.338 e. The molecule has 0 saturated heterocycles. The monoisotopic (exact) mass is 468 g/mol. The van der Waals surface area contributed by atoms with E-state index in [1.165, 1.54) is 7.11 Å². The van der Waals surface area contributed by atoms with Crippen LogP contribution in [0.2, 0.25) is 0 Å². The van der Waals surface area contributed by atoms with Crippen LogP contribution in [0.5, 0.6) is 0 Å². The number of rotatable bonds is 5. The second kappa shape index (κ2) is 9.06. The maximum absolute atomic E-state index is 12.4. The van der Waals surface area contributed by atoms with Crippen LogP contribution in [0.1, 0.15) is 44.1 Å². The third kappa shape index (κ3) is 4.14. The number of aryl methyl sites for hydroxylation is 1. The fourth-order valence-corrected chi connectivity index (χ4v) is 4.49. The minimum atomic E-state index is -0.408. The number of esters is 1. The van der Waals surface area contributed by atoms with Crippen molar-refractivity contribution in [1.82, 2.24) is 14.9 Å². The summed E-state index contributed by atoms with van der Waals surface area (Å²) in [6.45, 7) is 0. The zero-order valence-electron chi connectivity index (χ0n) is 19.4. The largest absolute Gasteiger partial charge is 0.465 e. The number of imidazole rings is 1. The van der Waals surface area contributed by atoms with Gasteiger partial charge in [-0.25, -0.2) is 9.78 Å². The molecule has 0 unspecified atom stereocenters. The molecule has 0 atom stereocenters. The summed E-state index contributed by atoms with van der Waals surface area (Å²) in [5.74, 6) is 0.128. The molecule has 3 aromatic carbocycles. The second-order valence-corrected chi connectivity index (χ2v) is 8.36. The molecule has 8 heteroatoms. The van der Waals surface area contributed by atoms with E-state index < -0.39 is 5.97 Å². The van der Waals surface area contributed by atoms with Gasteiger partial charge in [-0.3, -0.25) is 14.2 Å². The Balaban J connectivity index is 1.67. The van der Waals surface area contributed by atoms with Crippen molar-refractivity contribution in [2.45, 2.75) is 19.3 Å². The quantitative estimate of drug-likeness (QED) is 0.436. The summed E-state index contributed by atoms with van der Waals surface area (Å²) in [6.07, 6.45) is 1.47. The van der Waals surface area contributed by atoms with Crippen LogP contribution in [-0.4, -0.2) is 41.5 Å². The number of amides is 2. The summed E-state index contributed by atoms with van der Waals surface area (Å²) in [5, 5.41) is 5.56. The third-order valence-corrected chi connectivity index (χ3v) is 6.23. The predicted molar refractivity (Wildman–Crippen MR) is 132 cm³/mol. The van der Waals surface area contributed by atoms with Gasteiger partial charge < -0.3 is 15.4 Å². The van der Waals surface area contributed by atoms with Crippen LogP contribution in [0.25, 0.3) is 16.7 Å². The van der Waals surface area contributed by atoms with Crippen LogP contribution in [0.15, 0.2) is 60.7 Å². The first kappa shape index (κ1) is 22.3. The first-order valence-corrected chi connectivity index (χ1v) is 11.3. The van der Waals surface area contributed by atoms with Crippen LogP contribution in [0.4, 0.5) is 5.69 Å². The number of hydrogen-bond donors (Lipinski definition) is 2. The van der Waals surface area contributed by atoms with E-state index in [0.29, 0.717) is 41.7 Å². The topological polar surface area (TPSA) is 102 Å². The molecule has 5 rings (SSSR count). The Morgan fingerprint density at radius 1 is 1.09 bits per heavy atom. The van der Waals surface area contributed by atoms with Crippen molar-refractivity contribution in [3.63, 3.8) is 0 Å². The van der Waals surface area contributed by atoms with Crippen molar-refractivity contribution in [3.05, 3.63) is 88.7 Å². The highest BCUT2D eigenvalue weighted by molar-refractivity contribution is 5.98. The molecular weight excluding hydrogens is 444 g/mol. The summed E-state index contributed by atoms with van der Waals surface area (Å²) in [5.41, 5.74) is 6.03. The number of fused-ring (bicyclic) bond motifs is 2. The fourth-order valence-electron chi connectivity index (χ4n) is 4.49. The normalized spacial score (nSPS) is 12.7. The molecule has 0 fully saturated rings. The van der Waals surface area contributed by atoms with Gasteiger partial charge in [0.2, 0.25) is 5.91 Å². The minimum Gasteiger partial charge on any atom is -0.465 e. The highest BCUT2D eigenvalue weighted by atomic mass is 16.5. The van der Waals surface area contributed by atoms with E-state index in [4.69, 9.17) is 9.72 Å². The summed E-state index contributed by atoms with van der Waals surface area (Å²) in [7, 11) is 2.95. The van der Waals surface area contributed by atoms with Gasteiger partial charge in [0.1, 0.15) is 5.82 Å². The number of benzene rings is 3.